The molecule has 1 aliphatic rings. The second-order valence-electron chi connectivity index (χ2n) is 5.65. The van der Waals surface area contributed by atoms with Crippen molar-refractivity contribution in [3.05, 3.63) is 47.6 Å². The molecular formula is C16H16N4O2. The summed E-state index contributed by atoms with van der Waals surface area (Å²) in [5, 5.41) is 6.69. The number of carbonyl (C=O) groups excluding carboxylic acids is 1. The number of rotatable bonds is 4. The third kappa shape index (κ3) is 2.26. The first kappa shape index (κ1) is 13.1. The first-order valence-corrected chi connectivity index (χ1v) is 7.37. The quantitative estimate of drug-likeness (QED) is 0.802. The molecule has 2 aromatic heterocycles. The van der Waals surface area contributed by atoms with Crippen LogP contribution < -0.4 is 5.32 Å². The lowest BCUT2D eigenvalue weighted by Crippen LogP contribution is -2.24. The van der Waals surface area contributed by atoms with Crippen LogP contribution in [0.5, 0.6) is 0 Å². The molecule has 1 saturated carbocycles. The Kier molecular flexibility index (Phi) is 2.96. The van der Waals surface area contributed by atoms with Gasteiger partial charge >= 0.3 is 0 Å². The minimum atomic E-state index is -0.234. The van der Waals surface area contributed by atoms with E-state index < -0.39 is 0 Å². The number of aryl methyl sites for hydroxylation is 1. The summed E-state index contributed by atoms with van der Waals surface area (Å²) < 4.78 is 7.18. The van der Waals surface area contributed by atoms with Crippen LogP contribution in [0.2, 0.25) is 0 Å². The van der Waals surface area contributed by atoms with Gasteiger partial charge in [0.15, 0.2) is 5.69 Å². The number of benzene rings is 1. The summed E-state index contributed by atoms with van der Waals surface area (Å²) in [7, 11) is 1.94. The standard InChI is InChI=1S/C16H16N4O2/c1-20-13-5-3-2-4-11(13)18-15(20)9-17-16(21)12-8-14(22-19-12)10-6-7-10/h2-5,8,10H,6-7,9H2,1H3,(H,17,21). The molecule has 0 aliphatic heterocycles. The number of amides is 1. The molecule has 0 atom stereocenters. The monoisotopic (exact) mass is 296 g/mol. The highest BCUT2D eigenvalue weighted by molar-refractivity contribution is 5.92. The largest absolute Gasteiger partial charge is 0.360 e. The van der Waals surface area contributed by atoms with Crippen molar-refractivity contribution in [3.63, 3.8) is 0 Å². The predicted octanol–water partition coefficient (Wildman–Crippen LogP) is 2.37. The molecule has 1 aromatic carbocycles. The third-order valence-corrected chi connectivity index (χ3v) is 4.03. The van der Waals surface area contributed by atoms with Gasteiger partial charge in [0.1, 0.15) is 11.6 Å². The maximum absolute atomic E-state index is 12.1. The van der Waals surface area contributed by atoms with Crippen molar-refractivity contribution in [2.75, 3.05) is 0 Å². The van der Waals surface area contributed by atoms with E-state index in [2.05, 4.69) is 15.5 Å². The Bertz CT molecular complexity index is 845. The van der Waals surface area contributed by atoms with Crippen LogP contribution in [0.1, 0.15) is 40.8 Å². The second-order valence-corrected chi connectivity index (χ2v) is 5.65. The molecule has 0 radical (unpaired) electrons. The molecule has 0 saturated heterocycles. The summed E-state index contributed by atoms with van der Waals surface area (Å²) in [5.74, 6) is 1.84. The highest BCUT2D eigenvalue weighted by Crippen LogP contribution is 2.40. The smallest absolute Gasteiger partial charge is 0.273 e. The van der Waals surface area contributed by atoms with Crippen molar-refractivity contribution in [3.8, 4) is 0 Å². The van der Waals surface area contributed by atoms with Crippen molar-refractivity contribution in [1.29, 1.82) is 0 Å². The fourth-order valence-electron chi connectivity index (χ4n) is 2.56. The fraction of sp³-hybridized carbons (Fsp3) is 0.312. The maximum Gasteiger partial charge on any atom is 0.273 e. The molecule has 4 rings (SSSR count). The lowest BCUT2D eigenvalue weighted by atomic mass is 10.3. The highest BCUT2D eigenvalue weighted by Gasteiger charge is 2.28. The van der Waals surface area contributed by atoms with Crippen molar-refractivity contribution < 1.29 is 9.32 Å². The minimum absolute atomic E-state index is 0.234. The Morgan fingerprint density at radius 3 is 3.00 bits per heavy atom. The van der Waals surface area contributed by atoms with E-state index in [4.69, 9.17) is 4.52 Å². The van der Waals surface area contributed by atoms with Crippen LogP contribution in [-0.2, 0) is 13.6 Å². The molecule has 2 heterocycles. The van der Waals surface area contributed by atoms with Crippen LogP contribution in [0, 0.1) is 0 Å². The number of fused-ring (bicyclic) bond motifs is 1. The number of imidazole rings is 1. The second kappa shape index (κ2) is 4.98. The number of hydrogen-bond donors (Lipinski definition) is 1. The van der Waals surface area contributed by atoms with E-state index in [1.54, 1.807) is 6.07 Å². The molecule has 112 valence electrons. The summed E-state index contributed by atoms with van der Waals surface area (Å²) in [4.78, 5) is 16.7. The van der Waals surface area contributed by atoms with Crippen molar-refractivity contribution >= 4 is 16.9 Å². The lowest BCUT2D eigenvalue weighted by Gasteiger charge is -2.03. The molecule has 1 amide bonds. The molecule has 6 nitrogen and oxygen atoms in total. The van der Waals surface area contributed by atoms with Gasteiger partial charge in [-0.05, 0) is 25.0 Å². The third-order valence-electron chi connectivity index (χ3n) is 4.03. The first-order valence-electron chi connectivity index (χ1n) is 7.37. The van der Waals surface area contributed by atoms with E-state index in [-0.39, 0.29) is 5.91 Å². The van der Waals surface area contributed by atoms with E-state index in [1.165, 1.54) is 0 Å². The fourth-order valence-corrected chi connectivity index (χ4v) is 2.56. The molecule has 1 N–H and O–H groups in total. The zero-order chi connectivity index (χ0) is 15.1. The van der Waals surface area contributed by atoms with E-state index in [9.17, 15) is 4.79 Å². The molecule has 3 aromatic rings. The van der Waals surface area contributed by atoms with Gasteiger partial charge in [0.25, 0.3) is 5.91 Å². The van der Waals surface area contributed by atoms with E-state index in [1.807, 2.05) is 35.9 Å². The zero-order valence-electron chi connectivity index (χ0n) is 12.2. The molecule has 1 aliphatic carbocycles. The van der Waals surface area contributed by atoms with Gasteiger partial charge in [-0.2, -0.15) is 0 Å². The van der Waals surface area contributed by atoms with Crippen LogP contribution in [0.3, 0.4) is 0 Å². The average molecular weight is 296 g/mol. The normalized spacial score (nSPS) is 14.4. The topological polar surface area (TPSA) is 73.0 Å². The Hall–Kier alpha value is -2.63. The Labute approximate surface area is 127 Å². The van der Waals surface area contributed by atoms with Gasteiger partial charge in [-0.3, -0.25) is 4.79 Å². The molecule has 22 heavy (non-hydrogen) atoms. The average Bonchev–Trinajstić information content (AvgIpc) is 3.18. The zero-order valence-corrected chi connectivity index (χ0v) is 12.2. The van der Waals surface area contributed by atoms with Gasteiger partial charge in [-0.15, -0.1) is 0 Å². The van der Waals surface area contributed by atoms with Crippen LogP contribution in [-0.4, -0.2) is 20.6 Å². The number of aromatic nitrogens is 3. The predicted molar refractivity (Wildman–Crippen MR) is 80.4 cm³/mol. The lowest BCUT2D eigenvalue weighted by molar-refractivity contribution is 0.0940. The first-order chi connectivity index (χ1) is 10.7. The Morgan fingerprint density at radius 2 is 2.23 bits per heavy atom. The Balaban J connectivity index is 1.48. The van der Waals surface area contributed by atoms with Crippen molar-refractivity contribution in [2.45, 2.75) is 25.3 Å². The van der Waals surface area contributed by atoms with Crippen LogP contribution in [0.15, 0.2) is 34.9 Å². The van der Waals surface area contributed by atoms with Gasteiger partial charge < -0.3 is 14.4 Å². The van der Waals surface area contributed by atoms with E-state index >= 15 is 0 Å². The summed E-state index contributed by atoms with van der Waals surface area (Å²) in [6, 6.07) is 9.63. The molecule has 0 bridgehead atoms. The van der Waals surface area contributed by atoms with Crippen LogP contribution >= 0.6 is 0 Å². The summed E-state index contributed by atoms with van der Waals surface area (Å²) in [6.07, 6.45) is 2.24. The molecule has 1 fully saturated rings. The van der Waals surface area contributed by atoms with E-state index in [0.717, 1.165) is 35.5 Å². The van der Waals surface area contributed by atoms with Gasteiger partial charge in [0.05, 0.1) is 17.6 Å². The van der Waals surface area contributed by atoms with Crippen molar-refractivity contribution in [2.24, 2.45) is 7.05 Å². The number of nitrogens with zero attached hydrogens (tertiary/aromatic N) is 3. The highest BCUT2D eigenvalue weighted by atomic mass is 16.5. The van der Waals surface area contributed by atoms with Gasteiger partial charge in [0, 0.05) is 19.0 Å². The summed E-state index contributed by atoms with van der Waals surface area (Å²) in [6.45, 7) is 0.357. The van der Waals surface area contributed by atoms with Gasteiger partial charge in [-0.25, -0.2) is 4.98 Å². The number of hydrogen-bond acceptors (Lipinski definition) is 4. The molecule has 6 heteroatoms. The van der Waals surface area contributed by atoms with Crippen LogP contribution in [0.25, 0.3) is 11.0 Å². The summed E-state index contributed by atoms with van der Waals surface area (Å²) in [5.41, 5.74) is 2.30. The SMILES string of the molecule is Cn1c(CNC(=O)c2cc(C3CC3)on2)nc2ccccc21. The Morgan fingerprint density at radius 1 is 1.41 bits per heavy atom. The summed E-state index contributed by atoms with van der Waals surface area (Å²) >= 11 is 0. The van der Waals surface area contributed by atoms with Crippen molar-refractivity contribution in [1.82, 2.24) is 20.0 Å². The molecule has 0 unspecified atom stereocenters. The maximum atomic E-state index is 12.1. The van der Waals surface area contributed by atoms with Crippen LogP contribution in [0.4, 0.5) is 0 Å². The minimum Gasteiger partial charge on any atom is -0.360 e. The number of nitrogens with one attached hydrogen (secondary N) is 1. The molecule has 0 spiro atoms. The van der Waals surface area contributed by atoms with E-state index in [0.29, 0.717) is 18.2 Å². The molecular weight excluding hydrogens is 280 g/mol. The number of carbonyl (C=O) groups is 1. The number of para-hydroxylation sites is 2. The van der Waals surface area contributed by atoms with Gasteiger partial charge in [0.2, 0.25) is 0 Å². The van der Waals surface area contributed by atoms with Gasteiger partial charge in [-0.1, -0.05) is 17.3 Å².